The summed E-state index contributed by atoms with van der Waals surface area (Å²) in [4.78, 5) is 0.0258. The average Bonchev–Trinajstić information content (AvgIpc) is 3.00. The summed E-state index contributed by atoms with van der Waals surface area (Å²) < 4.78 is 62.9. The quantitative estimate of drug-likeness (QED) is 0.569. The number of sulfonamides is 1. The van der Waals surface area contributed by atoms with Crippen LogP contribution in [0.1, 0.15) is 11.6 Å². The number of rotatable bonds is 7. The molecule has 1 N–H and O–H groups in total. The molecule has 0 unspecified atom stereocenters. The predicted octanol–water partition coefficient (Wildman–Crippen LogP) is 3.13. The minimum Gasteiger partial charge on any atom is -0.358 e. The number of hydrogen-bond acceptors (Lipinski definition) is 6. The molecule has 0 saturated heterocycles. The van der Waals surface area contributed by atoms with Crippen molar-refractivity contribution >= 4 is 60.8 Å². The number of methoxy groups -OCH3 is 1. The highest BCUT2D eigenvalue weighted by Gasteiger charge is 2.47. The van der Waals surface area contributed by atoms with E-state index in [9.17, 15) is 16.8 Å². The number of hydrogen-bond donors (Lipinski definition) is 1. The molecule has 1 aliphatic rings. The number of para-hydroxylation sites is 1. The molecule has 0 aliphatic carbocycles. The van der Waals surface area contributed by atoms with Crippen molar-refractivity contribution in [2.45, 2.75) is 21.0 Å². The van der Waals surface area contributed by atoms with Crippen molar-refractivity contribution in [1.82, 2.24) is 4.72 Å². The van der Waals surface area contributed by atoms with Gasteiger partial charge in [0.25, 0.3) is 10.0 Å². The number of anilines is 1. The Morgan fingerprint density at radius 1 is 1.00 bits per heavy atom. The molecule has 0 fully saturated rings. The zero-order valence-electron chi connectivity index (χ0n) is 15.4. The third-order valence-electron chi connectivity index (χ3n) is 4.22. The first-order valence-electron chi connectivity index (χ1n) is 8.41. The highest BCUT2D eigenvalue weighted by atomic mass is 35.6. The molecule has 2 aromatic rings. The van der Waals surface area contributed by atoms with E-state index in [0.717, 1.165) is 4.31 Å². The molecule has 0 aromatic heterocycles. The highest BCUT2D eigenvalue weighted by molar-refractivity contribution is 7.93. The van der Waals surface area contributed by atoms with Gasteiger partial charge in [-0.05, 0) is 23.8 Å². The monoisotopic (exact) mass is 514 g/mol. The Labute approximate surface area is 189 Å². The Morgan fingerprint density at radius 3 is 2.20 bits per heavy atom. The van der Waals surface area contributed by atoms with Gasteiger partial charge in [-0.15, -0.1) is 0 Å². The Kier molecular flexibility index (Phi) is 6.90. The Balaban J connectivity index is 2.01. The van der Waals surface area contributed by atoms with Gasteiger partial charge in [0.2, 0.25) is 3.79 Å². The predicted molar refractivity (Wildman–Crippen MR) is 114 cm³/mol. The fourth-order valence-corrected chi connectivity index (χ4v) is 5.98. The molecule has 3 rings (SSSR count). The van der Waals surface area contributed by atoms with Crippen LogP contribution in [0, 0.1) is 0 Å². The van der Waals surface area contributed by atoms with Gasteiger partial charge in [0.1, 0.15) is 6.61 Å². The van der Waals surface area contributed by atoms with Gasteiger partial charge in [-0.3, -0.25) is 4.18 Å². The first-order chi connectivity index (χ1) is 14.0. The minimum absolute atomic E-state index is 0.0258. The smallest absolute Gasteiger partial charge is 0.336 e. The van der Waals surface area contributed by atoms with E-state index in [2.05, 4.69) is 4.72 Å². The molecule has 2 aromatic carbocycles. The molecule has 13 heteroatoms. The second-order valence-electron chi connectivity index (χ2n) is 6.23. The first-order valence-corrected chi connectivity index (χ1v) is 12.4. The lowest BCUT2D eigenvalue weighted by molar-refractivity contribution is 0.0914. The van der Waals surface area contributed by atoms with Gasteiger partial charge < -0.3 is 4.74 Å². The average molecular weight is 516 g/mol. The van der Waals surface area contributed by atoms with Crippen LogP contribution >= 0.6 is 34.8 Å². The van der Waals surface area contributed by atoms with Gasteiger partial charge in [0.15, 0.2) is 6.23 Å². The maximum Gasteiger partial charge on any atom is 0.336 e. The molecule has 30 heavy (non-hydrogen) atoms. The Morgan fingerprint density at radius 2 is 1.60 bits per heavy atom. The van der Waals surface area contributed by atoms with Crippen LogP contribution in [0.2, 0.25) is 0 Å². The van der Waals surface area contributed by atoms with E-state index in [1.54, 1.807) is 42.5 Å². The summed E-state index contributed by atoms with van der Waals surface area (Å²) in [5.74, 6) is 0. The van der Waals surface area contributed by atoms with Gasteiger partial charge in [0, 0.05) is 7.11 Å². The summed E-state index contributed by atoms with van der Waals surface area (Å²) in [6, 6.07) is 13.0. The lowest BCUT2D eigenvalue weighted by Crippen LogP contribution is -2.45. The standard InChI is InChI=1S/C17H17Cl3N2O6S2/c1-27-16-15(21-30(25,26)28-11-17(18,19)20)13-9-5-6-10-14(13)22(16)29(23,24)12-7-3-2-4-8-12/h2-10,15-16,21H,11H2,1H3/t15-,16+/m0/s1. The van der Waals surface area contributed by atoms with Crippen molar-refractivity contribution in [2.75, 3.05) is 18.0 Å². The van der Waals surface area contributed by atoms with Crippen molar-refractivity contribution in [2.24, 2.45) is 0 Å². The molecule has 0 amide bonds. The third kappa shape index (κ3) is 5.03. The molecule has 1 aliphatic heterocycles. The molecule has 0 radical (unpaired) electrons. The number of nitrogens with zero attached hydrogens (tertiary/aromatic N) is 1. The molecular formula is C17H17Cl3N2O6S2. The molecule has 2 atom stereocenters. The summed E-state index contributed by atoms with van der Waals surface area (Å²) in [6.07, 6.45) is -1.22. The van der Waals surface area contributed by atoms with Crippen LogP contribution in [-0.4, -0.2) is 40.6 Å². The molecule has 1 heterocycles. The lowest BCUT2D eigenvalue weighted by Gasteiger charge is -2.28. The summed E-state index contributed by atoms with van der Waals surface area (Å²) in [5.41, 5.74) is 0.646. The van der Waals surface area contributed by atoms with E-state index < -0.39 is 43.0 Å². The largest absolute Gasteiger partial charge is 0.358 e. The second-order valence-corrected chi connectivity index (χ2v) is 11.9. The van der Waals surface area contributed by atoms with Crippen LogP contribution in [0.5, 0.6) is 0 Å². The van der Waals surface area contributed by atoms with Gasteiger partial charge in [-0.1, -0.05) is 71.2 Å². The first kappa shape index (κ1) is 23.6. The number of alkyl halides is 3. The normalized spacial score (nSPS) is 19.7. The fraction of sp³-hybridized carbons (Fsp3) is 0.294. The van der Waals surface area contributed by atoms with E-state index in [1.807, 2.05) is 0 Å². The van der Waals surface area contributed by atoms with Crippen LogP contribution in [0.25, 0.3) is 0 Å². The van der Waals surface area contributed by atoms with Crippen molar-refractivity contribution in [3.05, 3.63) is 60.2 Å². The van der Waals surface area contributed by atoms with Crippen LogP contribution in [-0.2, 0) is 29.2 Å². The molecule has 164 valence electrons. The van der Waals surface area contributed by atoms with Gasteiger partial charge in [-0.2, -0.15) is 13.1 Å². The summed E-state index contributed by atoms with van der Waals surface area (Å²) in [6.45, 7) is -0.731. The molecule has 0 bridgehead atoms. The van der Waals surface area contributed by atoms with E-state index in [1.165, 1.54) is 19.2 Å². The van der Waals surface area contributed by atoms with Crippen LogP contribution in [0.15, 0.2) is 59.5 Å². The van der Waals surface area contributed by atoms with E-state index >= 15 is 0 Å². The maximum atomic E-state index is 13.3. The van der Waals surface area contributed by atoms with Gasteiger partial charge >= 0.3 is 10.3 Å². The van der Waals surface area contributed by atoms with Crippen LogP contribution < -0.4 is 9.03 Å². The summed E-state index contributed by atoms with van der Waals surface area (Å²) >= 11 is 16.6. The Hall–Kier alpha value is -1.11. The van der Waals surface area contributed by atoms with Crippen molar-refractivity contribution in [3.63, 3.8) is 0 Å². The molecule has 0 saturated carbocycles. The zero-order valence-corrected chi connectivity index (χ0v) is 19.3. The number of halogens is 3. The zero-order chi connectivity index (χ0) is 22.2. The van der Waals surface area contributed by atoms with E-state index in [0.29, 0.717) is 5.56 Å². The van der Waals surface area contributed by atoms with Crippen LogP contribution in [0.3, 0.4) is 0 Å². The second kappa shape index (κ2) is 8.79. The maximum absolute atomic E-state index is 13.3. The van der Waals surface area contributed by atoms with E-state index in [-0.39, 0.29) is 10.6 Å². The van der Waals surface area contributed by atoms with E-state index in [4.69, 9.17) is 43.7 Å². The highest BCUT2D eigenvalue weighted by Crippen LogP contribution is 2.43. The SMILES string of the molecule is CO[C@@H]1[C@@H](NS(=O)(=O)OCC(Cl)(Cl)Cl)c2ccccc2N1S(=O)(=O)c1ccccc1. The molecular weight excluding hydrogens is 499 g/mol. The van der Waals surface area contributed by atoms with Crippen LogP contribution in [0.4, 0.5) is 5.69 Å². The Bertz CT molecular complexity index is 1110. The molecule has 0 spiro atoms. The number of benzene rings is 2. The third-order valence-corrected chi connectivity index (χ3v) is 7.30. The summed E-state index contributed by atoms with van der Waals surface area (Å²) in [5, 5.41) is 0. The number of fused-ring (bicyclic) bond motifs is 1. The molecule has 8 nitrogen and oxygen atoms in total. The van der Waals surface area contributed by atoms with Crippen molar-refractivity contribution in [1.29, 1.82) is 0 Å². The minimum atomic E-state index is -4.42. The fourth-order valence-electron chi connectivity index (χ4n) is 3.04. The van der Waals surface area contributed by atoms with Crippen molar-refractivity contribution in [3.8, 4) is 0 Å². The van der Waals surface area contributed by atoms with Crippen molar-refractivity contribution < 1.29 is 25.8 Å². The summed E-state index contributed by atoms with van der Waals surface area (Å²) in [7, 11) is -7.22. The number of nitrogens with one attached hydrogen (secondary N) is 1. The lowest BCUT2D eigenvalue weighted by atomic mass is 10.1. The number of ether oxygens (including phenoxy) is 1. The van der Waals surface area contributed by atoms with Gasteiger partial charge in [0.05, 0.1) is 16.6 Å². The van der Waals surface area contributed by atoms with Gasteiger partial charge in [-0.25, -0.2) is 12.7 Å². The topological polar surface area (TPSA) is 102 Å².